The molecule has 16 heavy (non-hydrogen) atoms. The number of halogens is 1. The number of aliphatic hydroxyl groups is 1. The smallest absolute Gasteiger partial charge is 0.139 e. The third-order valence-electron chi connectivity index (χ3n) is 2.23. The molecule has 0 spiro atoms. The Kier molecular flexibility index (Phi) is 3.26. The van der Waals surface area contributed by atoms with Gasteiger partial charge in [-0.25, -0.2) is 4.98 Å². The van der Waals surface area contributed by atoms with Gasteiger partial charge in [0, 0.05) is 5.56 Å². The molecule has 1 aromatic carbocycles. The first-order chi connectivity index (χ1) is 7.74. The SMILES string of the molecule is COc1cccc(-c2nc(Br)c(CO)[nH]2)c1. The van der Waals surface area contributed by atoms with Crippen LogP contribution in [0, 0.1) is 0 Å². The number of imidazole rings is 1. The molecule has 0 radical (unpaired) electrons. The summed E-state index contributed by atoms with van der Waals surface area (Å²) < 4.78 is 5.77. The highest BCUT2D eigenvalue weighted by molar-refractivity contribution is 9.10. The van der Waals surface area contributed by atoms with Gasteiger partial charge in [0.15, 0.2) is 0 Å². The summed E-state index contributed by atoms with van der Waals surface area (Å²) in [6.07, 6.45) is 0. The fourth-order valence-electron chi connectivity index (χ4n) is 1.40. The molecule has 2 N–H and O–H groups in total. The van der Waals surface area contributed by atoms with Gasteiger partial charge in [-0.3, -0.25) is 0 Å². The second-order valence-electron chi connectivity index (χ2n) is 3.24. The Balaban J connectivity index is 2.41. The highest BCUT2D eigenvalue weighted by atomic mass is 79.9. The standard InChI is InChI=1S/C11H11BrN2O2/c1-16-8-4-2-3-7(5-8)11-13-9(6-15)10(12)14-11/h2-5,15H,6H2,1H3,(H,13,14). The molecular weight excluding hydrogens is 272 g/mol. The van der Waals surface area contributed by atoms with Crippen molar-refractivity contribution >= 4 is 15.9 Å². The van der Waals surface area contributed by atoms with Crippen LogP contribution in [0.25, 0.3) is 11.4 Å². The van der Waals surface area contributed by atoms with Crippen LogP contribution >= 0.6 is 15.9 Å². The van der Waals surface area contributed by atoms with Crippen molar-refractivity contribution in [3.05, 3.63) is 34.6 Å². The second kappa shape index (κ2) is 4.67. The van der Waals surface area contributed by atoms with Crippen LogP contribution in [0.15, 0.2) is 28.9 Å². The lowest BCUT2D eigenvalue weighted by Crippen LogP contribution is -1.86. The maximum absolute atomic E-state index is 9.05. The number of benzene rings is 1. The van der Waals surface area contributed by atoms with Gasteiger partial charge in [0.05, 0.1) is 19.4 Å². The molecule has 0 amide bonds. The highest BCUT2D eigenvalue weighted by Gasteiger charge is 2.08. The Labute approximate surface area is 101 Å². The fraction of sp³-hybridized carbons (Fsp3) is 0.182. The number of rotatable bonds is 3. The molecule has 0 aliphatic heterocycles. The van der Waals surface area contributed by atoms with Gasteiger partial charge in [-0.2, -0.15) is 0 Å². The average Bonchev–Trinajstić information content (AvgIpc) is 2.71. The van der Waals surface area contributed by atoms with Crippen LogP contribution in [0.1, 0.15) is 5.69 Å². The van der Waals surface area contributed by atoms with E-state index in [9.17, 15) is 0 Å². The second-order valence-corrected chi connectivity index (χ2v) is 4.00. The third kappa shape index (κ3) is 2.10. The zero-order chi connectivity index (χ0) is 11.5. The number of nitrogens with zero attached hydrogens (tertiary/aromatic N) is 1. The number of hydrogen-bond acceptors (Lipinski definition) is 3. The van der Waals surface area contributed by atoms with Crippen LogP contribution in [0.4, 0.5) is 0 Å². The molecule has 0 aliphatic rings. The van der Waals surface area contributed by atoms with Gasteiger partial charge < -0.3 is 14.8 Å². The summed E-state index contributed by atoms with van der Waals surface area (Å²) in [6, 6.07) is 7.57. The summed E-state index contributed by atoms with van der Waals surface area (Å²) in [4.78, 5) is 7.31. The summed E-state index contributed by atoms with van der Waals surface area (Å²) >= 11 is 3.28. The minimum absolute atomic E-state index is 0.0719. The molecule has 0 saturated heterocycles. The average molecular weight is 283 g/mol. The van der Waals surface area contributed by atoms with Crippen LogP contribution in [0.5, 0.6) is 5.75 Å². The molecule has 5 heteroatoms. The van der Waals surface area contributed by atoms with Crippen molar-refractivity contribution in [2.75, 3.05) is 7.11 Å². The van der Waals surface area contributed by atoms with E-state index >= 15 is 0 Å². The van der Waals surface area contributed by atoms with Crippen molar-refractivity contribution in [3.8, 4) is 17.1 Å². The topological polar surface area (TPSA) is 58.1 Å². The Bertz CT molecular complexity index is 496. The van der Waals surface area contributed by atoms with Crippen molar-refractivity contribution < 1.29 is 9.84 Å². The van der Waals surface area contributed by atoms with Gasteiger partial charge >= 0.3 is 0 Å². The third-order valence-corrected chi connectivity index (χ3v) is 2.89. The molecule has 0 bridgehead atoms. The van der Waals surface area contributed by atoms with Gasteiger partial charge in [0.1, 0.15) is 16.2 Å². The van der Waals surface area contributed by atoms with Gasteiger partial charge in [-0.15, -0.1) is 0 Å². The first-order valence-corrected chi connectivity index (χ1v) is 5.53. The van der Waals surface area contributed by atoms with Gasteiger partial charge in [-0.1, -0.05) is 12.1 Å². The Morgan fingerprint density at radius 3 is 2.94 bits per heavy atom. The molecule has 0 aliphatic carbocycles. The number of ether oxygens (including phenoxy) is 1. The Hall–Kier alpha value is -1.33. The molecule has 2 aromatic rings. The summed E-state index contributed by atoms with van der Waals surface area (Å²) in [7, 11) is 1.62. The molecule has 0 saturated carbocycles. The molecular formula is C11H11BrN2O2. The normalized spacial score (nSPS) is 10.4. The number of hydrogen-bond donors (Lipinski definition) is 2. The van der Waals surface area contributed by atoms with Crippen molar-refractivity contribution in [1.82, 2.24) is 9.97 Å². The van der Waals surface area contributed by atoms with Crippen LogP contribution in [-0.4, -0.2) is 22.2 Å². The lowest BCUT2D eigenvalue weighted by molar-refractivity contribution is 0.276. The van der Waals surface area contributed by atoms with Crippen LogP contribution in [-0.2, 0) is 6.61 Å². The predicted octanol–water partition coefficient (Wildman–Crippen LogP) is 2.34. The molecule has 0 atom stereocenters. The van der Waals surface area contributed by atoms with Crippen molar-refractivity contribution in [2.45, 2.75) is 6.61 Å². The van der Waals surface area contributed by atoms with Gasteiger partial charge in [0.2, 0.25) is 0 Å². The molecule has 1 heterocycles. The first kappa shape index (κ1) is 11.2. The summed E-state index contributed by atoms with van der Waals surface area (Å²) in [5.74, 6) is 1.48. The lowest BCUT2D eigenvalue weighted by Gasteiger charge is -2.01. The predicted molar refractivity (Wildman–Crippen MR) is 64.2 cm³/mol. The zero-order valence-electron chi connectivity index (χ0n) is 8.70. The van der Waals surface area contributed by atoms with E-state index in [1.807, 2.05) is 24.3 Å². The summed E-state index contributed by atoms with van der Waals surface area (Å²) in [5.41, 5.74) is 1.58. The van der Waals surface area contributed by atoms with Crippen molar-refractivity contribution in [3.63, 3.8) is 0 Å². The molecule has 0 fully saturated rings. The molecule has 0 unspecified atom stereocenters. The monoisotopic (exact) mass is 282 g/mol. The first-order valence-electron chi connectivity index (χ1n) is 4.74. The highest BCUT2D eigenvalue weighted by Crippen LogP contribution is 2.24. The maximum atomic E-state index is 9.05. The van der Waals surface area contributed by atoms with E-state index in [0.29, 0.717) is 16.1 Å². The lowest BCUT2D eigenvalue weighted by atomic mass is 10.2. The van der Waals surface area contributed by atoms with Crippen LogP contribution < -0.4 is 4.74 Å². The number of aromatic amines is 1. The Morgan fingerprint density at radius 2 is 2.31 bits per heavy atom. The van der Waals surface area contributed by atoms with E-state index in [1.165, 1.54) is 0 Å². The van der Waals surface area contributed by atoms with E-state index in [-0.39, 0.29) is 6.61 Å². The van der Waals surface area contributed by atoms with Gasteiger partial charge in [-0.05, 0) is 28.1 Å². The number of aliphatic hydroxyl groups excluding tert-OH is 1. The quantitative estimate of drug-likeness (QED) is 0.909. The molecule has 4 nitrogen and oxygen atoms in total. The van der Waals surface area contributed by atoms with Crippen LogP contribution in [0.2, 0.25) is 0 Å². The zero-order valence-corrected chi connectivity index (χ0v) is 10.3. The number of H-pyrrole nitrogens is 1. The van der Waals surface area contributed by atoms with E-state index in [1.54, 1.807) is 7.11 Å². The number of aromatic nitrogens is 2. The molecule has 84 valence electrons. The summed E-state index contributed by atoms with van der Waals surface area (Å²) in [5, 5.41) is 9.05. The van der Waals surface area contributed by atoms with E-state index in [4.69, 9.17) is 9.84 Å². The van der Waals surface area contributed by atoms with Crippen LogP contribution in [0.3, 0.4) is 0 Å². The number of nitrogens with one attached hydrogen (secondary N) is 1. The largest absolute Gasteiger partial charge is 0.497 e. The van der Waals surface area contributed by atoms with E-state index in [0.717, 1.165) is 11.3 Å². The summed E-state index contributed by atoms with van der Waals surface area (Å²) in [6.45, 7) is -0.0719. The van der Waals surface area contributed by atoms with E-state index < -0.39 is 0 Å². The molecule has 2 rings (SSSR count). The van der Waals surface area contributed by atoms with E-state index in [2.05, 4.69) is 25.9 Å². The van der Waals surface area contributed by atoms with Crippen molar-refractivity contribution in [2.24, 2.45) is 0 Å². The minimum atomic E-state index is -0.0719. The Morgan fingerprint density at radius 1 is 1.50 bits per heavy atom. The maximum Gasteiger partial charge on any atom is 0.139 e. The number of methoxy groups -OCH3 is 1. The van der Waals surface area contributed by atoms with Crippen molar-refractivity contribution in [1.29, 1.82) is 0 Å². The fourth-order valence-corrected chi connectivity index (χ4v) is 1.80. The molecule has 1 aromatic heterocycles. The minimum Gasteiger partial charge on any atom is -0.497 e. The van der Waals surface area contributed by atoms with Gasteiger partial charge in [0.25, 0.3) is 0 Å².